The highest BCUT2D eigenvalue weighted by Gasteiger charge is 2.19. The Balaban J connectivity index is 1.21. The third-order valence-corrected chi connectivity index (χ3v) is 9.13. The Kier molecular flexibility index (Phi) is 7.32. The molecule has 0 bridgehead atoms. The molecule has 0 aliphatic carbocycles. The summed E-state index contributed by atoms with van der Waals surface area (Å²) in [6.07, 6.45) is 1.19. The molecular formula is C44H25F3N2O2. The molecule has 9 rings (SSSR count). The maximum Gasteiger partial charge on any atom is 0.306 e. The molecule has 51 heavy (non-hydrogen) atoms. The van der Waals surface area contributed by atoms with Gasteiger partial charge in [0.1, 0.15) is 22.7 Å². The van der Waals surface area contributed by atoms with Crippen LogP contribution < -0.4 is 4.74 Å². The molecule has 6 aromatic carbocycles. The third-order valence-electron chi connectivity index (χ3n) is 9.13. The Morgan fingerprint density at radius 3 is 2.04 bits per heavy atom. The van der Waals surface area contributed by atoms with Gasteiger partial charge in [-0.25, -0.2) is 4.39 Å². The molecule has 0 radical (unpaired) electrons. The maximum absolute atomic E-state index is 13.8. The molecule has 0 atom stereocenters. The lowest BCUT2D eigenvalue weighted by molar-refractivity contribution is 0.410. The van der Waals surface area contributed by atoms with Crippen LogP contribution in [0.15, 0.2) is 162 Å². The van der Waals surface area contributed by atoms with E-state index >= 15 is 0 Å². The molecule has 0 N–H and O–H groups in total. The Labute approximate surface area is 289 Å². The van der Waals surface area contributed by atoms with Crippen LogP contribution in [0.1, 0.15) is 5.56 Å². The molecule has 0 unspecified atom stereocenters. The normalized spacial score (nSPS) is 11.4. The van der Waals surface area contributed by atoms with Gasteiger partial charge in [-0.2, -0.15) is 8.78 Å². The van der Waals surface area contributed by atoms with E-state index in [1.807, 2.05) is 91.0 Å². The van der Waals surface area contributed by atoms with E-state index < -0.39 is 11.9 Å². The first-order valence-electron chi connectivity index (χ1n) is 16.3. The minimum absolute atomic E-state index is 0.159. The second-order valence-corrected chi connectivity index (χ2v) is 12.2. The van der Waals surface area contributed by atoms with E-state index in [-0.39, 0.29) is 5.56 Å². The van der Waals surface area contributed by atoms with Crippen LogP contribution in [-0.4, -0.2) is 9.97 Å². The summed E-state index contributed by atoms with van der Waals surface area (Å²) in [6, 6.07) is 43.7. The number of hydrogen-bond acceptors (Lipinski definition) is 4. The highest BCUT2D eigenvalue weighted by Crippen LogP contribution is 2.43. The molecule has 0 aliphatic heterocycles. The lowest BCUT2D eigenvalue weighted by atomic mass is 9.94. The first kappa shape index (κ1) is 30.3. The van der Waals surface area contributed by atoms with Gasteiger partial charge in [-0.1, -0.05) is 78.9 Å². The van der Waals surface area contributed by atoms with Gasteiger partial charge in [0.05, 0.1) is 11.4 Å². The number of fused-ring (bicyclic) bond motifs is 7. The number of nitrogens with zero attached hydrogens (tertiary/aromatic N) is 2. The van der Waals surface area contributed by atoms with E-state index in [2.05, 4.69) is 34.2 Å². The molecular weight excluding hydrogens is 645 g/mol. The fraction of sp³-hybridized carbons (Fsp3) is 0. The summed E-state index contributed by atoms with van der Waals surface area (Å²) in [5.41, 5.74) is 6.29. The smallest absolute Gasteiger partial charge is 0.306 e. The Hall–Kier alpha value is -6.73. The van der Waals surface area contributed by atoms with Crippen molar-refractivity contribution in [2.75, 3.05) is 0 Å². The Bertz CT molecular complexity index is 2790. The summed E-state index contributed by atoms with van der Waals surface area (Å²) < 4.78 is 52.6. The van der Waals surface area contributed by atoms with Crippen molar-refractivity contribution in [2.24, 2.45) is 0 Å². The summed E-state index contributed by atoms with van der Waals surface area (Å²) in [5, 5.41) is 5.89. The number of hydrogen-bond donors (Lipinski definition) is 0. The zero-order valence-electron chi connectivity index (χ0n) is 26.8. The number of benzene rings is 6. The molecule has 3 aromatic heterocycles. The van der Waals surface area contributed by atoms with Crippen LogP contribution in [0.5, 0.6) is 11.5 Å². The summed E-state index contributed by atoms with van der Waals surface area (Å²) in [7, 11) is 0. The summed E-state index contributed by atoms with van der Waals surface area (Å²) >= 11 is 0. The van der Waals surface area contributed by atoms with Crippen molar-refractivity contribution < 1.29 is 22.3 Å². The van der Waals surface area contributed by atoms with Crippen molar-refractivity contribution in [1.29, 1.82) is 0 Å². The number of furan rings is 1. The summed E-state index contributed by atoms with van der Waals surface area (Å²) in [5.74, 6) is -0.214. The predicted octanol–water partition coefficient (Wildman–Crippen LogP) is 13.0. The molecule has 0 fully saturated rings. The SMILES string of the molecule is FC(F)=C(F)c1ccc(-c2ccc3ccc4c(ccc5oc6c(-c7ccccn7)cc(Oc7cccc(-c8ccccn8)c7)cc6c54)c3c2)cc1. The van der Waals surface area contributed by atoms with Crippen LogP contribution in [0.4, 0.5) is 13.2 Å². The quantitative estimate of drug-likeness (QED) is 0.165. The lowest BCUT2D eigenvalue weighted by Crippen LogP contribution is -1.89. The van der Waals surface area contributed by atoms with Gasteiger partial charge in [0.25, 0.3) is 0 Å². The highest BCUT2D eigenvalue weighted by molar-refractivity contribution is 6.25. The topological polar surface area (TPSA) is 48.2 Å². The van der Waals surface area contributed by atoms with Crippen molar-refractivity contribution in [3.63, 3.8) is 0 Å². The first-order chi connectivity index (χ1) is 25.0. The van der Waals surface area contributed by atoms with Gasteiger partial charge in [0.2, 0.25) is 0 Å². The Morgan fingerprint density at radius 1 is 0.529 bits per heavy atom. The second-order valence-electron chi connectivity index (χ2n) is 12.2. The highest BCUT2D eigenvalue weighted by atomic mass is 19.3. The van der Waals surface area contributed by atoms with E-state index in [1.54, 1.807) is 24.5 Å². The van der Waals surface area contributed by atoms with Crippen LogP contribution in [0.2, 0.25) is 0 Å². The lowest BCUT2D eigenvalue weighted by Gasteiger charge is -2.11. The van der Waals surface area contributed by atoms with E-state index in [0.29, 0.717) is 17.1 Å². The van der Waals surface area contributed by atoms with Crippen LogP contribution in [0, 0.1) is 0 Å². The molecule has 9 aromatic rings. The zero-order chi connectivity index (χ0) is 34.5. The predicted molar refractivity (Wildman–Crippen MR) is 197 cm³/mol. The molecule has 0 spiro atoms. The molecule has 244 valence electrons. The fourth-order valence-corrected chi connectivity index (χ4v) is 6.74. The number of rotatable bonds is 6. The number of halogens is 3. The van der Waals surface area contributed by atoms with Gasteiger partial charge in [0.15, 0.2) is 5.83 Å². The van der Waals surface area contributed by atoms with E-state index in [1.165, 1.54) is 12.1 Å². The zero-order valence-corrected chi connectivity index (χ0v) is 26.8. The van der Waals surface area contributed by atoms with Crippen molar-refractivity contribution >= 4 is 49.3 Å². The fourth-order valence-electron chi connectivity index (χ4n) is 6.74. The molecule has 0 saturated carbocycles. The monoisotopic (exact) mass is 670 g/mol. The molecule has 7 heteroatoms. The minimum atomic E-state index is -2.33. The van der Waals surface area contributed by atoms with Gasteiger partial charge < -0.3 is 9.15 Å². The largest absolute Gasteiger partial charge is 0.457 e. The number of pyridine rings is 2. The maximum atomic E-state index is 13.8. The molecule has 0 saturated heterocycles. The van der Waals surface area contributed by atoms with Crippen molar-refractivity contribution in [2.45, 2.75) is 0 Å². The molecule has 0 aliphatic rings. The van der Waals surface area contributed by atoms with E-state index in [9.17, 15) is 13.2 Å². The van der Waals surface area contributed by atoms with Crippen molar-refractivity contribution in [3.05, 3.63) is 164 Å². The number of ether oxygens (including phenoxy) is 1. The summed E-state index contributed by atoms with van der Waals surface area (Å²) in [4.78, 5) is 9.14. The van der Waals surface area contributed by atoms with Gasteiger partial charge in [-0.05, 0) is 93.3 Å². The van der Waals surface area contributed by atoms with Crippen LogP contribution in [0.3, 0.4) is 0 Å². The van der Waals surface area contributed by atoms with E-state index in [0.717, 1.165) is 71.5 Å². The molecule has 0 amide bonds. The van der Waals surface area contributed by atoms with Gasteiger partial charge >= 0.3 is 6.08 Å². The first-order valence-corrected chi connectivity index (χ1v) is 16.3. The van der Waals surface area contributed by atoms with Gasteiger partial charge in [-0.15, -0.1) is 0 Å². The average Bonchev–Trinajstić information content (AvgIpc) is 3.57. The second kappa shape index (κ2) is 12.3. The molecule has 3 heterocycles. The molecule has 4 nitrogen and oxygen atoms in total. The standard InChI is InChI=1S/C44H25F3N2O2/c45-42(44(46)47)28-13-10-26(11-14-28)29-15-12-27-16-17-34-33(35(27)23-29)18-19-40-41(34)37-25-32(24-36(43(37)51-40)39-9-2-4-21-49-39)50-31-7-5-6-30(22-31)38-8-1-3-20-48-38/h1-25H. The van der Waals surface area contributed by atoms with Crippen LogP contribution in [-0.2, 0) is 0 Å². The van der Waals surface area contributed by atoms with E-state index in [4.69, 9.17) is 9.15 Å². The van der Waals surface area contributed by atoms with Gasteiger partial charge in [0, 0.05) is 39.9 Å². The van der Waals surface area contributed by atoms with Crippen molar-refractivity contribution in [1.82, 2.24) is 9.97 Å². The number of aromatic nitrogens is 2. The average molecular weight is 671 g/mol. The Morgan fingerprint density at radius 2 is 1.27 bits per heavy atom. The van der Waals surface area contributed by atoms with Crippen LogP contribution in [0.25, 0.3) is 83.0 Å². The van der Waals surface area contributed by atoms with Crippen molar-refractivity contribution in [3.8, 4) is 45.1 Å². The third kappa shape index (κ3) is 5.45. The minimum Gasteiger partial charge on any atom is -0.457 e. The van der Waals surface area contributed by atoms with Gasteiger partial charge in [-0.3, -0.25) is 9.97 Å². The van der Waals surface area contributed by atoms with Crippen LogP contribution >= 0.6 is 0 Å². The summed E-state index contributed by atoms with van der Waals surface area (Å²) in [6.45, 7) is 0.